The Balaban J connectivity index is 1.56. The number of nitro groups is 1. The van der Waals surface area contributed by atoms with Gasteiger partial charge in [0.1, 0.15) is 0 Å². The Hall–Kier alpha value is -3.08. The first-order valence-electron chi connectivity index (χ1n) is 9.72. The molecule has 1 heterocycles. The highest BCUT2D eigenvalue weighted by Gasteiger charge is 2.32. The highest BCUT2D eigenvalue weighted by atomic mass is 32.2. The minimum Gasteiger partial charge on any atom is -0.338 e. The first-order valence-corrected chi connectivity index (χ1v) is 10.6. The molecule has 0 saturated carbocycles. The van der Waals surface area contributed by atoms with E-state index >= 15 is 0 Å². The molecule has 11 heteroatoms. The van der Waals surface area contributed by atoms with Gasteiger partial charge in [-0.05, 0) is 37.3 Å². The second-order valence-corrected chi connectivity index (χ2v) is 8.62. The van der Waals surface area contributed by atoms with E-state index in [2.05, 4.69) is 0 Å². The molecule has 1 unspecified atom stereocenters. The van der Waals surface area contributed by atoms with E-state index in [0.717, 1.165) is 17.0 Å². The van der Waals surface area contributed by atoms with Crippen LogP contribution < -0.4 is 0 Å². The van der Waals surface area contributed by atoms with E-state index in [4.69, 9.17) is 0 Å². The summed E-state index contributed by atoms with van der Waals surface area (Å²) in [5.74, 6) is -0.643. The van der Waals surface area contributed by atoms with E-state index in [1.807, 2.05) is 0 Å². The number of amides is 2. The molecule has 0 spiro atoms. The molecule has 1 atom stereocenters. The summed E-state index contributed by atoms with van der Waals surface area (Å²) in [7, 11) is 0. The molecule has 0 aliphatic carbocycles. The number of alkyl halides is 3. The fraction of sp³-hybridized carbons (Fsp3) is 0.333. The maximum atomic E-state index is 12.9. The lowest BCUT2D eigenvalue weighted by Crippen LogP contribution is -2.52. The van der Waals surface area contributed by atoms with Gasteiger partial charge in [0.15, 0.2) is 0 Å². The molecular weight excluding hydrogens is 447 g/mol. The molecule has 7 nitrogen and oxygen atoms in total. The van der Waals surface area contributed by atoms with E-state index in [1.54, 1.807) is 24.0 Å². The maximum absolute atomic E-state index is 12.9. The van der Waals surface area contributed by atoms with Crippen molar-refractivity contribution in [2.45, 2.75) is 23.2 Å². The van der Waals surface area contributed by atoms with Gasteiger partial charge in [-0.15, -0.1) is 11.8 Å². The van der Waals surface area contributed by atoms with Crippen molar-refractivity contribution >= 4 is 29.3 Å². The number of piperazine rings is 1. The first kappa shape index (κ1) is 23.6. The zero-order valence-corrected chi connectivity index (χ0v) is 17.9. The van der Waals surface area contributed by atoms with Gasteiger partial charge in [0.25, 0.3) is 11.6 Å². The summed E-state index contributed by atoms with van der Waals surface area (Å²) >= 11 is 1.27. The van der Waals surface area contributed by atoms with Gasteiger partial charge in [0.2, 0.25) is 5.91 Å². The minimum atomic E-state index is -4.53. The van der Waals surface area contributed by atoms with E-state index in [1.165, 1.54) is 40.9 Å². The summed E-state index contributed by atoms with van der Waals surface area (Å²) in [6.45, 7) is 2.71. The average Bonchev–Trinajstić information content (AvgIpc) is 2.78. The van der Waals surface area contributed by atoms with Gasteiger partial charge in [-0.1, -0.05) is 6.07 Å². The molecule has 0 bridgehead atoms. The number of rotatable bonds is 5. The van der Waals surface area contributed by atoms with Crippen molar-refractivity contribution < 1.29 is 27.7 Å². The molecule has 170 valence electrons. The number of hydrogen-bond acceptors (Lipinski definition) is 5. The highest BCUT2D eigenvalue weighted by molar-refractivity contribution is 8.00. The van der Waals surface area contributed by atoms with Gasteiger partial charge in [-0.25, -0.2) is 0 Å². The van der Waals surface area contributed by atoms with Crippen LogP contribution in [0.2, 0.25) is 0 Å². The van der Waals surface area contributed by atoms with Crippen molar-refractivity contribution in [2.75, 3.05) is 26.2 Å². The summed E-state index contributed by atoms with van der Waals surface area (Å²) in [4.78, 5) is 39.4. The number of carbonyl (C=O) groups excluding carboxylic acids is 2. The lowest BCUT2D eigenvalue weighted by molar-refractivity contribution is -0.384. The molecule has 2 amide bonds. The molecule has 0 radical (unpaired) electrons. The van der Waals surface area contributed by atoms with Crippen molar-refractivity contribution in [3.63, 3.8) is 0 Å². The van der Waals surface area contributed by atoms with Gasteiger partial charge >= 0.3 is 6.18 Å². The third kappa shape index (κ3) is 5.58. The Kier molecular flexibility index (Phi) is 7.07. The summed E-state index contributed by atoms with van der Waals surface area (Å²) in [6, 6.07) is 10.2. The van der Waals surface area contributed by atoms with Crippen LogP contribution in [0.25, 0.3) is 0 Å². The second kappa shape index (κ2) is 9.60. The molecule has 1 aliphatic heterocycles. The highest BCUT2D eigenvalue weighted by Crippen LogP contribution is 2.30. The number of thioether (sulfide) groups is 1. The van der Waals surface area contributed by atoms with Crippen molar-refractivity contribution in [1.82, 2.24) is 9.80 Å². The number of non-ortho nitro benzene ring substituents is 1. The number of carbonyl (C=O) groups is 2. The fourth-order valence-corrected chi connectivity index (χ4v) is 4.25. The largest absolute Gasteiger partial charge is 0.416 e. The van der Waals surface area contributed by atoms with E-state index in [0.29, 0.717) is 0 Å². The predicted octanol–water partition coefficient (Wildman–Crippen LogP) is 4.08. The summed E-state index contributed by atoms with van der Waals surface area (Å²) < 4.78 is 38.7. The molecule has 32 heavy (non-hydrogen) atoms. The van der Waals surface area contributed by atoms with Gasteiger partial charge in [-0.2, -0.15) is 13.2 Å². The molecule has 1 fully saturated rings. The number of nitro benzene ring substituents is 1. The first-order chi connectivity index (χ1) is 15.1. The average molecular weight is 467 g/mol. The van der Waals surface area contributed by atoms with Crippen LogP contribution in [0.1, 0.15) is 22.8 Å². The van der Waals surface area contributed by atoms with Crippen LogP contribution in [0, 0.1) is 10.1 Å². The van der Waals surface area contributed by atoms with Gasteiger partial charge < -0.3 is 9.80 Å². The SMILES string of the molecule is CC(Sc1ccc([N+](=O)[O-])cc1)C(=O)N1CCN(C(=O)c2cccc(C(F)(F)F)c2)CC1. The topological polar surface area (TPSA) is 83.8 Å². The molecule has 0 aromatic heterocycles. The zero-order chi connectivity index (χ0) is 23.5. The van der Waals surface area contributed by atoms with E-state index in [-0.39, 0.29) is 43.3 Å². The molecule has 0 N–H and O–H groups in total. The maximum Gasteiger partial charge on any atom is 0.416 e. The standard InChI is InChI=1S/C21H20F3N3O4S/c1-14(32-18-7-5-17(6-8-18)27(30)31)19(28)25-9-11-26(12-10-25)20(29)15-3-2-4-16(13-15)21(22,23)24/h2-8,13-14H,9-12H2,1H3. The Morgan fingerprint density at radius 2 is 1.62 bits per heavy atom. The number of nitrogens with zero attached hydrogens (tertiary/aromatic N) is 3. The smallest absolute Gasteiger partial charge is 0.338 e. The Labute approximate surface area is 186 Å². The third-order valence-electron chi connectivity index (χ3n) is 5.02. The van der Waals surface area contributed by atoms with Crippen LogP contribution >= 0.6 is 11.8 Å². The van der Waals surface area contributed by atoms with Crippen LogP contribution in [0.4, 0.5) is 18.9 Å². The van der Waals surface area contributed by atoms with Crippen LogP contribution in [0.15, 0.2) is 53.4 Å². The normalized spacial score (nSPS) is 15.4. The fourth-order valence-electron chi connectivity index (χ4n) is 3.30. The minimum absolute atomic E-state index is 0.0325. The quantitative estimate of drug-likeness (QED) is 0.376. The monoisotopic (exact) mass is 467 g/mol. The van der Waals surface area contributed by atoms with Crippen LogP contribution in [-0.4, -0.2) is 58.0 Å². The van der Waals surface area contributed by atoms with Crippen LogP contribution in [-0.2, 0) is 11.0 Å². The number of hydrogen-bond donors (Lipinski definition) is 0. The van der Waals surface area contributed by atoms with E-state index in [9.17, 15) is 32.9 Å². The summed E-state index contributed by atoms with van der Waals surface area (Å²) in [5.41, 5.74) is -0.953. The summed E-state index contributed by atoms with van der Waals surface area (Å²) in [6.07, 6.45) is -4.53. The second-order valence-electron chi connectivity index (χ2n) is 7.21. The third-order valence-corrected chi connectivity index (χ3v) is 6.12. The lowest BCUT2D eigenvalue weighted by Gasteiger charge is -2.36. The molecular formula is C21H20F3N3O4S. The molecule has 2 aromatic rings. The molecule has 2 aromatic carbocycles. The van der Waals surface area contributed by atoms with Crippen LogP contribution in [0.5, 0.6) is 0 Å². The number of halogens is 3. The summed E-state index contributed by atoms with van der Waals surface area (Å²) in [5, 5.41) is 10.3. The Morgan fingerprint density at radius 1 is 1.03 bits per heavy atom. The Morgan fingerprint density at radius 3 is 2.19 bits per heavy atom. The van der Waals surface area contributed by atoms with E-state index < -0.39 is 27.8 Å². The van der Waals surface area contributed by atoms with Crippen molar-refractivity contribution in [3.05, 3.63) is 69.8 Å². The van der Waals surface area contributed by atoms with Crippen molar-refractivity contribution in [2.24, 2.45) is 0 Å². The van der Waals surface area contributed by atoms with Gasteiger partial charge in [-0.3, -0.25) is 19.7 Å². The zero-order valence-electron chi connectivity index (χ0n) is 17.0. The van der Waals surface area contributed by atoms with Gasteiger partial charge in [0, 0.05) is 48.8 Å². The van der Waals surface area contributed by atoms with Crippen molar-refractivity contribution in [3.8, 4) is 0 Å². The van der Waals surface area contributed by atoms with Crippen molar-refractivity contribution in [1.29, 1.82) is 0 Å². The molecule has 1 aliphatic rings. The molecule has 3 rings (SSSR count). The predicted molar refractivity (Wildman–Crippen MR) is 112 cm³/mol. The Bertz CT molecular complexity index is 1010. The van der Waals surface area contributed by atoms with Gasteiger partial charge in [0.05, 0.1) is 15.7 Å². The number of benzene rings is 2. The lowest BCUT2D eigenvalue weighted by atomic mass is 10.1. The van der Waals surface area contributed by atoms with Crippen LogP contribution in [0.3, 0.4) is 0 Å². The molecule has 1 saturated heterocycles.